The van der Waals surface area contributed by atoms with E-state index in [4.69, 9.17) is 4.74 Å². The van der Waals surface area contributed by atoms with Crippen LogP contribution in [0.1, 0.15) is 5.56 Å². The van der Waals surface area contributed by atoms with Crippen LogP contribution in [0.2, 0.25) is 0 Å². The molecule has 0 aliphatic rings. The summed E-state index contributed by atoms with van der Waals surface area (Å²) in [4.78, 5) is 3.89. The number of ether oxygens (including phenoxy) is 1. The van der Waals surface area contributed by atoms with Gasteiger partial charge in [0.05, 0.1) is 12.1 Å². The van der Waals surface area contributed by atoms with Gasteiger partial charge in [-0.2, -0.15) is 13.2 Å². The summed E-state index contributed by atoms with van der Waals surface area (Å²) in [6.45, 7) is 0.672. The molecule has 1 aromatic carbocycles. The smallest absolute Gasteiger partial charge is 0.416 e. The maximum absolute atomic E-state index is 12.5. The van der Waals surface area contributed by atoms with E-state index in [1.165, 1.54) is 12.1 Å². The molecule has 2 N–H and O–H groups in total. The molecule has 0 amide bonds. The van der Waals surface area contributed by atoms with Crippen molar-refractivity contribution in [3.8, 4) is 5.75 Å². The summed E-state index contributed by atoms with van der Waals surface area (Å²) in [6, 6.07) is 4.79. The van der Waals surface area contributed by atoms with E-state index in [9.17, 15) is 13.2 Å². The number of benzene rings is 1. The molecule has 0 aromatic heterocycles. The molecule has 8 heteroatoms. The zero-order chi connectivity index (χ0) is 14.3. The summed E-state index contributed by atoms with van der Waals surface area (Å²) in [7, 11) is 3.33. The van der Waals surface area contributed by atoms with Gasteiger partial charge in [0.2, 0.25) is 0 Å². The predicted molar refractivity (Wildman–Crippen MR) is 82.8 cm³/mol. The lowest BCUT2D eigenvalue weighted by molar-refractivity contribution is -0.137. The monoisotopic (exact) mass is 403 g/mol. The quantitative estimate of drug-likeness (QED) is 0.352. The Hall–Kier alpha value is -1.19. The summed E-state index contributed by atoms with van der Waals surface area (Å²) in [5.74, 6) is 0.781. The van der Waals surface area contributed by atoms with Crippen molar-refractivity contribution in [1.82, 2.24) is 10.6 Å². The topological polar surface area (TPSA) is 45.7 Å². The second-order valence-corrected chi connectivity index (χ2v) is 3.62. The van der Waals surface area contributed by atoms with Gasteiger partial charge in [0.15, 0.2) is 5.96 Å². The fourth-order valence-electron chi connectivity index (χ4n) is 1.38. The average molecular weight is 403 g/mol. The van der Waals surface area contributed by atoms with Crippen molar-refractivity contribution in [2.24, 2.45) is 4.99 Å². The number of guanidine groups is 1. The van der Waals surface area contributed by atoms with Crippen LogP contribution in [0.4, 0.5) is 13.2 Å². The number of alkyl halides is 3. The molecule has 0 atom stereocenters. The minimum Gasteiger partial charge on any atom is -0.492 e. The number of nitrogens with zero attached hydrogens (tertiary/aromatic N) is 1. The fourth-order valence-corrected chi connectivity index (χ4v) is 1.38. The third kappa shape index (κ3) is 6.31. The number of rotatable bonds is 4. The molecule has 0 unspecified atom stereocenters. The van der Waals surface area contributed by atoms with E-state index >= 15 is 0 Å². The Kier molecular flexibility index (Phi) is 8.35. The first-order valence-electron chi connectivity index (χ1n) is 5.66. The highest BCUT2D eigenvalue weighted by Gasteiger charge is 2.30. The van der Waals surface area contributed by atoms with E-state index < -0.39 is 11.7 Å². The van der Waals surface area contributed by atoms with Gasteiger partial charge < -0.3 is 15.4 Å². The largest absolute Gasteiger partial charge is 0.492 e. The number of nitrogens with one attached hydrogen (secondary N) is 2. The molecule has 0 aliphatic heterocycles. The standard InChI is InChI=1S/C12H16F3N3O.HI/c1-16-11(17-2)18-6-7-19-10-5-3-4-9(8-10)12(13,14)15;/h3-5,8H,6-7H2,1-2H3,(H2,16,17,18);1H. The van der Waals surface area contributed by atoms with Crippen LogP contribution < -0.4 is 15.4 Å². The third-order valence-corrected chi connectivity index (χ3v) is 2.29. The van der Waals surface area contributed by atoms with Gasteiger partial charge in [0.1, 0.15) is 12.4 Å². The SMILES string of the molecule is CN=C(NC)NCCOc1cccc(C(F)(F)F)c1.I. The van der Waals surface area contributed by atoms with Crippen molar-refractivity contribution < 1.29 is 17.9 Å². The first kappa shape index (κ1) is 18.8. The van der Waals surface area contributed by atoms with Gasteiger partial charge in [-0.1, -0.05) is 6.07 Å². The average Bonchev–Trinajstić information content (AvgIpc) is 2.38. The molecular formula is C12H17F3IN3O. The molecule has 0 saturated carbocycles. The number of hydrogen-bond donors (Lipinski definition) is 2. The second-order valence-electron chi connectivity index (χ2n) is 3.62. The molecular weight excluding hydrogens is 386 g/mol. The van der Waals surface area contributed by atoms with Crippen molar-refractivity contribution >= 4 is 29.9 Å². The molecule has 0 aliphatic carbocycles. The Morgan fingerprint density at radius 1 is 1.35 bits per heavy atom. The highest BCUT2D eigenvalue weighted by molar-refractivity contribution is 14.0. The number of halogens is 4. The van der Waals surface area contributed by atoms with E-state index in [0.29, 0.717) is 12.5 Å². The molecule has 1 aromatic rings. The van der Waals surface area contributed by atoms with E-state index in [0.717, 1.165) is 12.1 Å². The molecule has 0 fully saturated rings. The van der Waals surface area contributed by atoms with Gasteiger partial charge in [-0.05, 0) is 18.2 Å². The normalized spacial score (nSPS) is 11.6. The molecule has 0 radical (unpaired) electrons. The van der Waals surface area contributed by atoms with Gasteiger partial charge in [0, 0.05) is 14.1 Å². The summed E-state index contributed by atoms with van der Waals surface area (Å²) in [6.07, 6.45) is -4.36. The highest BCUT2D eigenvalue weighted by atomic mass is 127. The van der Waals surface area contributed by atoms with Crippen molar-refractivity contribution in [3.05, 3.63) is 29.8 Å². The summed E-state index contributed by atoms with van der Waals surface area (Å²) < 4.78 is 42.6. The van der Waals surface area contributed by atoms with Gasteiger partial charge in [-0.3, -0.25) is 4.99 Å². The lowest BCUT2D eigenvalue weighted by Crippen LogP contribution is -2.37. The van der Waals surface area contributed by atoms with Crippen LogP contribution in [0.25, 0.3) is 0 Å². The first-order chi connectivity index (χ1) is 8.97. The van der Waals surface area contributed by atoms with Crippen LogP contribution in [-0.2, 0) is 6.18 Å². The lowest BCUT2D eigenvalue weighted by Gasteiger charge is -2.11. The predicted octanol–water partition coefficient (Wildman–Crippen LogP) is 2.50. The van der Waals surface area contributed by atoms with Crippen molar-refractivity contribution in [2.75, 3.05) is 27.2 Å². The molecule has 0 spiro atoms. The van der Waals surface area contributed by atoms with E-state index in [1.54, 1.807) is 14.1 Å². The van der Waals surface area contributed by atoms with Gasteiger partial charge in [-0.25, -0.2) is 0 Å². The molecule has 0 saturated heterocycles. The molecule has 0 bridgehead atoms. The maximum atomic E-state index is 12.5. The highest BCUT2D eigenvalue weighted by Crippen LogP contribution is 2.31. The zero-order valence-corrected chi connectivity index (χ0v) is 13.5. The van der Waals surface area contributed by atoms with Crippen LogP contribution in [0.15, 0.2) is 29.3 Å². The van der Waals surface area contributed by atoms with Crippen LogP contribution in [0.3, 0.4) is 0 Å². The van der Waals surface area contributed by atoms with Gasteiger partial charge in [0.25, 0.3) is 0 Å². The lowest BCUT2D eigenvalue weighted by atomic mass is 10.2. The third-order valence-electron chi connectivity index (χ3n) is 2.29. The molecule has 4 nitrogen and oxygen atoms in total. The Morgan fingerprint density at radius 2 is 2.05 bits per heavy atom. The Balaban J connectivity index is 0.00000361. The fraction of sp³-hybridized carbons (Fsp3) is 0.417. The summed E-state index contributed by atoms with van der Waals surface area (Å²) >= 11 is 0. The maximum Gasteiger partial charge on any atom is 0.416 e. The van der Waals surface area contributed by atoms with Crippen molar-refractivity contribution in [2.45, 2.75) is 6.18 Å². The molecule has 114 valence electrons. The van der Waals surface area contributed by atoms with Crippen molar-refractivity contribution in [1.29, 1.82) is 0 Å². The van der Waals surface area contributed by atoms with Crippen molar-refractivity contribution in [3.63, 3.8) is 0 Å². The minimum absolute atomic E-state index is 0. The summed E-state index contributed by atoms with van der Waals surface area (Å²) in [5.41, 5.74) is -0.719. The Bertz CT molecular complexity index is 438. The van der Waals surface area contributed by atoms with Gasteiger partial charge in [-0.15, -0.1) is 24.0 Å². The molecule has 1 rings (SSSR count). The Morgan fingerprint density at radius 3 is 2.60 bits per heavy atom. The number of hydrogen-bond acceptors (Lipinski definition) is 2. The van der Waals surface area contributed by atoms with Crippen LogP contribution >= 0.6 is 24.0 Å². The minimum atomic E-state index is -4.36. The Labute approximate surface area is 132 Å². The number of aliphatic imine (C=N–C) groups is 1. The second kappa shape index (κ2) is 8.88. The van der Waals surface area contributed by atoms with Crippen LogP contribution in [-0.4, -0.2) is 33.2 Å². The van der Waals surface area contributed by atoms with Crippen LogP contribution in [0.5, 0.6) is 5.75 Å². The van der Waals surface area contributed by atoms with E-state index in [-0.39, 0.29) is 36.3 Å². The van der Waals surface area contributed by atoms with E-state index in [1.807, 2.05) is 0 Å². The zero-order valence-electron chi connectivity index (χ0n) is 11.1. The van der Waals surface area contributed by atoms with Gasteiger partial charge >= 0.3 is 6.18 Å². The van der Waals surface area contributed by atoms with Crippen LogP contribution in [0, 0.1) is 0 Å². The van der Waals surface area contributed by atoms with E-state index in [2.05, 4.69) is 15.6 Å². The molecule has 0 heterocycles. The summed E-state index contributed by atoms with van der Waals surface area (Å²) in [5, 5.41) is 5.74. The molecule has 20 heavy (non-hydrogen) atoms. The first-order valence-corrected chi connectivity index (χ1v) is 5.66.